The summed E-state index contributed by atoms with van der Waals surface area (Å²) in [6.45, 7) is 4.64. The lowest BCUT2D eigenvalue weighted by atomic mass is 9.84. The molecule has 0 radical (unpaired) electrons. The maximum absolute atomic E-state index is 11.5. The van der Waals surface area contributed by atoms with Crippen molar-refractivity contribution in [3.05, 3.63) is 47.5 Å². The van der Waals surface area contributed by atoms with Gasteiger partial charge in [0.15, 0.2) is 0 Å². The fraction of sp³-hybridized carbons (Fsp3) is 0.667. The van der Waals surface area contributed by atoms with Crippen molar-refractivity contribution in [3.63, 3.8) is 0 Å². The van der Waals surface area contributed by atoms with Crippen molar-refractivity contribution < 1.29 is 19.7 Å². The van der Waals surface area contributed by atoms with Crippen molar-refractivity contribution in [2.75, 3.05) is 6.61 Å². The molecule has 0 bridgehead atoms. The standard InChI is InChI=1S/C27H41ClO4/c1-3-5-8-12-24(29)20-14-16-21(17-15-20)27-22(23(28)19-25(27)30)11-9-6-7-10-13-26(31)32-18-4-2/h6,9,14-17,22-25,27,29-30H,3-5,7-8,10-13,18-19H2,1-2H3/t22-,23+,24+,25+,27+/m0/s1. The van der Waals surface area contributed by atoms with Crippen LogP contribution in [0.5, 0.6) is 0 Å². The van der Waals surface area contributed by atoms with Gasteiger partial charge in [-0.3, -0.25) is 4.79 Å². The maximum atomic E-state index is 11.5. The van der Waals surface area contributed by atoms with Crippen LogP contribution in [0.3, 0.4) is 0 Å². The summed E-state index contributed by atoms with van der Waals surface area (Å²) < 4.78 is 5.09. The van der Waals surface area contributed by atoms with Gasteiger partial charge < -0.3 is 14.9 Å². The minimum atomic E-state index is -0.454. The smallest absolute Gasteiger partial charge is 0.305 e. The summed E-state index contributed by atoms with van der Waals surface area (Å²) in [5.41, 5.74) is 2.02. The summed E-state index contributed by atoms with van der Waals surface area (Å²) in [4.78, 5) is 11.5. The molecule has 2 N–H and O–H groups in total. The highest BCUT2D eigenvalue weighted by molar-refractivity contribution is 6.21. The lowest BCUT2D eigenvalue weighted by Gasteiger charge is -2.23. The molecule has 32 heavy (non-hydrogen) atoms. The monoisotopic (exact) mass is 464 g/mol. The number of alkyl halides is 1. The first-order valence-electron chi connectivity index (χ1n) is 12.4. The van der Waals surface area contributed by atoms with Crippen LogP contribution < -0.4 is 0 Å². The first kappa shape index (κ1) is 26.9. The third kappa shape index (κ3) is 8.53. The largest absolute Gasteiger partial charge is 0.466 e. The Kier molecular flexibility index (Phi) is 12.4. The van der Waals surface area contributed by atoms with E-state index in [4.69, 9.17) is 16.3 Å². The van der Waals surface area contributed by atoms with Crippen LogP contribution >= 0.6 is 11.6 Å². The van der Waals surface area contributed by atoms with Crippen molar-refractivity contribution in [2.45, 2.75) is 102 Å². The first-order valence-corrected chi connectivity index (χ1v) is 12.8. The van der Waals surface area contributed by atoms with E-state index in [1.54, 1.807) is 0 Å². The molecule has 1 saturated carbocycles. The Morgan fingerprint density at radius 1 is 1.16 bits per heavy atom. The van der Waals surface area contributed by atoms with Crippen molar-refractivity contribution in [2.24, 2.45) is 5.92 Å². The maximum Gasteiger partial charge on any atom is 0.305 e. The molecule has 0 aliphatic heterocycles. The van der Waals surface area contributed by atoms with E-state index in [-0.39, 0.29) is 23.2 Å². The van der Waals surface area contributed by atoms with Crippen LogP contribution in [-0.2, 0) is 9.53 Å². The zero-order valence-corrected chi connectivity index (χ0v) is 20.5. The van der Waals surface area contributed by atoms with E-state index in [1.807, 2.05) is 31.2 Å². The number of rotatable bonds is 14. The molecule has 5 heteroatoms. The zero-order valence-electron chi connectivity index (χ0n) is 19.7. The van der Waals surface area contributed by atoms with Gasteiger partial charge in [-0.25, -0.2) is 0 Å². The average Bonchev–Trinajstić information content (AvgIpc) is 3.07. The fourth-order valence-corrected chi connectivity index (χ4v) is 4.99. The second-order valence-corrected chi connectivity index (χ2v) is 9.57. The quantitative estimate of drug-likeness (QED) is 0.144. The van der Waals surface area contributed by atoms with Gasteiger partial charge in [-0.05, 0) is 55.6 Å². The van der Waals surface area contributed by atoms with Crippen LogP contribution in [0, 0.1) is 5.92 Å². The van der Waals surface area contributed by atoms with E-state index in [0.717, 1.165) is 62.5 Å². The van der Waals surface area contributed by atoms with Crippen molar-refractivity contribution in [1.29, 1.82) is 0 Å². The number of aliphatic hydroxyl groups excluding tert-OH is 2. The van der Waals surface area contributed by atoms with E-state index in [9.17, 15) is 15.0 Å². The molecule has 4 nitrogen and oxygen atoms in total. The van der Waals surface area contributed by atoms with Gasteiger partial charge in [0.2, 0.25) is 0 Å². The van der Waals surface area contributed by atoms with E-state index >= 15 is 0 Å². The van der Waals surface area contributed by atoms with Crippen LogP contribution in [0.1, 0.15) is 101 Å². The van der Waals surface area contributed by atoms with Gasteiger partial charge in [-0.15, -0.1) is 11.6 Å². The number of aliphatic hydroxyl groups is 2. The molecule has 1 aliphatic rings. The molecule has 5 atom stereocenters. The minimum absolute atomic E-state index is 0.00236. The average molecular weight is 465 g/mol. The van der Waals surface area contributed by atoms with Crippen LogP contribution in [0.2, 0.25) is 0 Å². The van der Waals surface area contributed by atoms with Gasteiger partial charge >= 0.3 is 5.97 Å². The SMILES string of the molecule is CCCCC[C@@H](O)c1ccc([C@@H]2[C@@H](CC=CCCCC(=O)OCCC)[C@H](Cl)C[C@H]2O)cc1. The molecule has 0 unspecified atom stereocenters. The highest BCUT2D eigenvalue weighted by atomic mass is 35.5. The number of hydrogen-bond acceptors (Lipinski definition) is 4. The molecule has 1 aliphatic carbocycles. The summed E-state index contributed by atoms with van der Waals surface area (Å²) in [6.07, 6.45) is 11.8. The van der Waals surface area contributed by atoms with Crippen LogP contribution in [0.15, 0.2) is 36.4 Å². The highest BCUT2D eigenvalue weighted by Gasteiger charge is 2.41. The van der Waals surface area contributed by atoms with Gasteiger partial charge in [0, 0.05) is 17.7 Å². The predicted molar refractivity (Wildman–Crippen MR) is 131 cm³/mol. The van der Waals surface area contributed by atoms with Gasteiger partial charge in [0.05, 0.1) is 18.8 Å². The number of carbonyl (C=O) groups is 1. The number of hydrogen-bond donors (Lipinski definition) is 2. The third-order valence-corrected chi connectivity index (χ3v) is 6.89. The molecule has 2 rings (SSSR count). The molecule has 0 heterocycles. The molecule has 0 saturated heterocycles. The normalized spacial score (nSPS) is 24.2. The number of allylic oxidation sites excluding steroid dienone is 2. The number of esters is 1. The summed E-state index contributed by atoms with van der Waals surface area (Å²) in [7, 11) is 0. The Bertz CT molecular complexity index is 687. The van der Waals surface area contributed by atoms with Crippen molar-refractivity contribution >= 4 is 17.6 Å². The second-order valence-electron chi connectivity index (χ2n) is 9.01. The lowest BCUT2D eigenvalue weighted by molar-refractivity contribution is -0.143. The number of ether oxygens (including phenoxy) is 1. The molecule has 0 spiro atoms. The van der Waals surface area contributed by atoms with E-state index in [0.29, 0.717) is 19.4 Å². The molecule has 1 aromatic carbocycles. The summed E-state index contributed by atoms with van der Waals surface area (Å²) in [5, 5.41) is 21.0. The number of halogens is 1. The zero-order chi connectivity index (χ0) is 23.3. The number of carbonyl (C=O) groups excluding carboxylic acids is 1. The number of unbranched alkanes of at least 4 members (excludes halogenated alkanes) is 3. The Morgan fingerprint density at radius 2 is 1.91 bits per heavy atom. The molecule has 0 aromatic heterocycles. The first-order chi connectivity index (χ1) is 15.5. The fourth-order valence-electron chi connectivity index (χ4n) is 4.54. The molecule has 1 fully saturated rings. The van der Waals surface area contributed by atoms with Crippen LogP contribution in [-0.4, -0.2) is 34.3 Å². The summed E-state index contributed by atoms with van der Waals surface area (Å²) in [5.74, 6) is 0.0363. The lowest BCUT2D eigenvalue weighted by Crippen LogP contribution is -2.18. The van der Waals surface area contributed by atoms with Gasteiger partial charge in [0.1, 0.15) is 0 Å². The van der Waals surface area contributed by atoms with E-state index in [1.165, 1.54) is 0 Å². The summed E-state index contributed by atoms with van der Waals surface area (Å²) >= 11 is 6.61. The van der Waals surface area contributed by atoms with Crippen molar-refractivity contribution in [3.8, 4) is 0 Å². The van der Waals surface area contributed by atoms with Gasteiger partial charge in [-0.2, -0.15) is 0 Å². The molecule has 1 aromatic rings. The predicted octanol–water partition coefficient (Wildman–Crippen LogP) is 6.44. The molecule has 180 valence electrons. The number of benzene rings is 1. The summed E-state index contributed by atoms with van der Waals surface area (Å²) in [6, 6.07) is 8.06. The topological polar surface area (TPSA) is 66.8 Å². The van der Waals surface area contributed by atoms with Crippen LogP contribution in [0.4, 0.5) is 0 Å². The van der Waals surface area contributed by atoms with Crippen LogP contribution in [0.25, 0.3) is 0 Å². The van der Waals surface area contributed by atoms with E-state index in [2.05, 4.69) is 19.1 Å². The third-order valence-electron chi connectivity index (χ3n) is 6.39. The highest BCUT2D eigenvalue weighted by Crippen LogP contribution is 2.45. The molecular formula is C27H41ClO4. The molecular weight excluding hydrogens is 424 g/mol. The van der Waals surface area contributed by atoms with Gasteiger partial charge in [-0.1, -0.05) is 69.5 Å². The Balaban J connectivity index is 1.88. The van der Waals surface area contributed by atoms with Crippen molar-refractivity contribution in [1.82, 2.24) is 0 Å². The second kappa shape index (κ2) is 14.7. The Morgan fingerprint density at radius 3 is 2.59 bits per heavy atom. The molecule has 0 amide bonds. The van der Waals surface area contributed by atoms with E-state index < -0.39 is 12.2 Å². The Labute approximate surface area is 199 Å². The minimum Gasteiger partial charge on any atom is -0.466 e. The van der Waals surface area contributed by atoms with Gasteiger partial charge in [0.25, 0.3) is 0 Å². The Hall–Kier alpha value is -1.36.